The summed E-state index contributed by atoms with van der Waals surface area (Å²) in [6, 6.07) is 15.6. The van der Waals surface area contributed by atoms with Crippen molar-refractivity contribution in [3.8, 4) is 11.5 Å². The topological polar surface area (TPSA) is 67.9 Å². The molecule has 1 heterocycles. The average Bonchev–Trinajstić information content (AvgIpc) is 2.78. The summed E-state index contributed by atoms with van der Waals surface area (Å²) in [5.74, 6) is 1.57. The van der Waals surface area contributed by atoms with Crippen LogP contribution in [0.2, 0.25) is 0 Å². The Morgan fingerprint density at radius 2 is 1.71 bits per heavy atom. The molecule has 1 fully saturated rings. The summed E-state index contributed by atoms with van der Waals surface area (Å²) in [7, 11) is 0. The third kappa shape index (κ3) is 7.31. The van der Waals surface area contributed by atoms with Crippen LogP contribution in [-0.2, 0) is 9.59 Å². The molecular weight excluding hydrogens is 392 g/mol. The van der Waals surface area contributed by atoms with Gasteiger partial charge in [0.2, 0.25) is 5.91 Å². The van der Waals surface area contributed by atoms with Crippen LogP contribution in [0.5, 0.6) is 11.5 Å². The lowest BCUT2D eigenvalue weighted by atomic mass is 10.0. The molecule has 0 bridgehead atoms. The van der Waals surface area contributed by atoms with Gasteiger partial charge in [0.25, 0.3) is 5.91 Å². The van der Waals surface area contributed by atoms with E-state index >= 15 is 0 Å². The molecule has 0 radical (unpaired) electrons. The second-order valence-corrected chi connectivity index (χ2v) is 8.02. The molecule has 2 aromatic carbocycles. The van der Waals surface area contributed by atoms with Gasteiger partial charge in [0.15, 0.2) is 6.61 Å². The number of nitrogens with zero attached hydrogens (tertiary/aromatic N) is 1. The third-order valence-electron chi connectivity index (χ3n) is 5.61. The lowest BCUT2D eigenvalue weighted by Crippen LogP contribution is -2.47. The first-order chi connectivity index (χ1) is 15.0. The Kier molecular flexibility index (Phi) is 8.33. The zero-order valence-corrected chi connectivity index (χ0v) is 18.4. The van der Waals surface area contributed by atoms with Crippen LogP contribution in [0.3, 0.4) is 0 Å². The van der Waals surface area contributed by atoms with Crippen LogP contribution in [0.4, 0.5) is 0 Å². The molecule has 3 rings (SSSR count). The second kappa shape index (κ2) is 11.4. The Morgan fingerprint density at radius 3 is 2.42 bits per heavy atom. The number of rotatable bonds is 9. The van der Waals surface area contributed by atoms with E-state index in [1.54, 1.807) is 0 Å². The molecule has 31 heavy (non-hydrogen) atoms. The van der Waals surface area contributed by atoms with Crippen molar-refractivity contribution in [2.24, 2.45) is 0 Å². The maximum Gasteiger partial charge on any atom is 0.260 e. The fourth-order valence-corrected chi connectivity index (χ4v) is 3.55. The highest BCUT2D eigenvalue weighted by molar-refractivity contribution is 5.78. The van der Waals surface area contributed by atoms with E-state index < -0.39 is 0 Å². The highest BCUT2D eigenvalue weighted by Crippen LogP contribution is 2.17. The van der Waals surface area contributed by atoms with Crippen LogP contribution < -0.4 is 14.8 Å². The quantitative estimate of drug-likeness (QED) is 0.624. The van der Waals surface area contributed by atoms with Gasteiger partial charge < -0.3 is 19.7 Å². The molecule has 2 amide bonds. The summed E-state index contributed by atoms with van der Waals surface area (Å²) >= 11 is 0. The van der Waals surface area contributed by atoms with Crippen molar-refractivity contribution in [1.29, 1.82) is 0 Å². The number of likely N-dealkylation sites (tertiary alicyclic amines) is 1. The van der Waals surface area contributed by atoms with Crippen molar-refractivity contribution in [3.63, 3.8) is 0 Å². The number of ether oxygens (including phenoxy) is 2. The number of hydrogen-bond donors (Lipinski definition) is 1. The van der Waals surface area contributed by atoms with E-state index in [1.807, 2.05) is 67.3 Å². The third-order valence-corrected chi connectivity index (χ3v) is 5.61. The maximum atomic E-state index is 12.4. The molecule has 2 aromatic rings. The van der Waals surface area contributed by atoms with Gasteiger partial charge in [0, 0.05) is 25.6 Å². The Bertz CT molecular complexity index is 861. The van der Waals surface area contributed by atoms with Gasteiger partial charge in [-0.15, -0.1) is 0 Å². The number of amides is 2. The number of carbonyl (C=O) groups excluding carboxylic acids is 2. The van der Waals surface area contributed by atoms with Crippen LogP contribution in [0.1, 0.15) is 36.8 Å². The zero-order chi connectivity index (χ0) is 22.1. The van der Waals surface area contributed by atoms with Crippen molar-refractivity contribution in [1.82, 2.24) is 10.2 Å². The molecule has 0 saturated carbocycles. The second-order valence-electron chi connectivity index (χ2n) is 8.02. The summed E-state index contributed by atoms with van der Waals surface area (Å²) < 4.78 is 11.3. The van der Waals surface area contributed by atoms with Crippen LogP contribution >= 0.6 is 0 Å². The molecule has 1 aliphatic heterocycles. The molecule has 0 unspecified atom stereocenters. The number of benzene rings is 2. The number of piperidine rings is 1. The molecule has 0 aliphatic carbocycles. The summed E-state index contributed by atoms with van der Waals surface area (Å²) in [5.41, 5.74) is 2.35. The van der Waals surface area contributed by atoms with Crippen LogP contribution in [0, 0.1) is 13.8 Å². The van der Waals surface area contributed by atoms with Crippen molar-refractivity contribution >= 4 is 11.8 Å². The van der Waals surface area contributed by atoms with Crippen LogP contribution in [0.15, 0.2) is 48.5 Å². The smallest absolute Gasteiger partial charge is 0.260 e. The monoisotopic (exact) mass is 424 g/mol. The Hall–Kier alpha value is -3.02. The van der Waals surface area contributed by atoms with E-state index in [9.17, 15) is 9.59 Å². The molecule has 0 spiro atoms. The van der Waals surface area contributed by atoms with Gasteiger partial charge in [-0.3, -0.25) is 9.59 Å². The lowest BCUT2D eigenvalue weighted by molar-refractivity contribution is -0.134. The normalized spacial score (nSPS) is 14.2. The lowest BCUT2D eigenvalue weighted by Gasteiger charge is -2.32. The SMILES string of the molecule is Cc1ccc(OCC(=O)N2CCC(NC(=O)CCCOc3ccccc3)CC2)cc1C. The van der Waals surface area contributed by atoms with E-state index in [0.29, 0.717) is 32.5 Å². The van der Waals surface area contributed by atoms with Gasteiger partial charge in [0.1, 0.15) is 11.5 Å². The fourth-order valence-electron chi connectivity index (χ4n) is 3.55. The van der Waals surface area contributed by atoms with Crippen molar-refractivity contribution in [2.45, 2.75) is 45.6 Å². The first kappa shape index (κ1) is 22.7. The summed E-state index contributed by atoms with van der Waals surface area (Å²) in [5, 5.41) is 3.08. The van der Waals surface area contributed by atoms with Gasteiger partial charge in [-0.05, 0) is 68.5 Å². The Balaban J connectivity index is 1.30. The van der Waals surface area contributed by atoms with Crippen molar-refractivity contribution < 1.29 is 19.1 Å². The molecule has 1 aliphatic rings. The maximum absolute atomic E-state index is 12.4. The van der Waals surface area contributed by atoms with E-state index in [1.165, 1.54) is 5.56 Å². The Labute approximate surface area is 184 Å². The number of carbonyl (C=O) groups is 2. The highest BCUT2D eigenvalue weighted by atomic mass is 16.5. The van der Waals surface area contributed by atoms with Gasteiger partial charge in [-0.2, -0.15) is 0 Å². The predicted molar refractivity (Wildman–Crippen MR) is 120 cm³/mol. The number of aryl methyl sites for hydroxylation is 2. The number of nitrogens with one attached hydrogen (secondary N) is 1. The molecule has 6 heteroatoms. The van der Waals surface area contributed by atoms with Gasteiger partial charge in [-0.1, -0.05) is 24.3 Å². The molecule has 0 atom stereocenters. The first-order valence-corrected chi connectivity index (χ1v) is 11.0. The van der Waals surface area contributed by atoms with Crippen LogP contribution in [0.25, 0.3) is 0 Å². The van der Waals surface area contributed by atoms with Crippen molar-refractivity contribution in [3.05, 3.63) is 59.7 Å². The molecule has 0 aromatic heterocycles. The van der Waals surface area contributed by atoms with Gasteiger partial charge in [0.05, 0.1) is 6.61 Å². The highest BCUT2D eigenvalue weighted by Gasteiger charge is 2.24. The Morgan fingerprint density at radius 1 is 0.968 bits per heavy atom. The molecule has 1 saturated heterocycles. The zero-order valence-electron chi connectivity index (χ0n) is 18.4. The standard InChI is InChI=1S/C25H32N2O4/c1-19-10-11-23(17-20(19)2)31-18-25(29)27-14-12-21(13-15-27)26-24(28)9-6-16-30-22-7-4-3-5-8-22/h3-5,7-8,10-11,17,21H,6,9,12-16,18H2,1-2H3,(H,26,28). The summed E-state index contributed by atoms with van der Waals surface area (Å²) in [6.45, 7) is 5.91. The van der Waals surface area contributed by atoms with E-state index in [0.717, 1.165) is 29.9 Å². The largest absolute Gasteiger partial charge is 0.494 e. The predicted octanol–water partition coefficient (Wildman–Crippen LogP) is 3.65. The van der Waals surface area contributed by atoms with Crippen LogP contribution in [-0.4, -0.2) is 49.1 Å². The molecule has 6 nitrogen and oxygen atoms in total. The summed E-state index contributed by atoms with van der Waals surface area (Å²) in [4.78, 5) is 26.4. The molecular formula is C25H32N2O4. The average molecular weight is 425 g/mol. The summed E-state index contributed by atoms with van der Waals surface area (Å²) in [6.07, 6.45) is 2.65. The molecule has 166 valence electrons. The van der Waals surface area contributed by atoms with Gasteiger partial charge >= 0.3 is 0 Å². The first-order valence-electron chi connectivity index (χ1n) is 11.0. The molecule has 1 N–H and O–H groups in total. The minimum atomic E-state index is -0.0129. The minimum absolute atomic E-state index is 0.0129. The number of hydrogen-bond acceptors (Lipinski definition) is 4. The number of para-hydroxylation sites is 1. The minimum Gasteiger partial charge on any atom is -0.494 e. The van der Waals surface area contributed by atoms with Gasteiger partial charge in [-0.25, -0.2) is 0 Å². The fraction of sp³-hybridized carbons (Fsp3) is 0.440. The van der Waals surface area contributed by atoms with E-state index in [4.69, 9.17) is 9.47 Å². The van der Waals surface area contributed by atoms with E-state index in [2.05, 4.69) is 5.32 Å². The van der Waals surface area contributed by atoms with Crippen molar-refractivity contribution in [2.75, 3.05) is 26.3 Å². The van der Waals surface area contributed by atoms with E-state index in [-0.39, 0.29) is 24.5 Å².